The number of benzene rings is 2. The van der Waals surface area contributed by atoms with Crippen molar-refractivity contribution in [1.29, 1.82) is 0 Å². The SMILES string of the molecule is O=C(Nc1cccc([N+](=O)[O-])c1)C1CCCN(Cc2ccc(Cl)cc2Cl)C1. The number of nitrogens with one attached hydrogen (secondary N) is 1. The molecule has 1 amide bonds. The summed E-state index contributed by atoms with van der Waals surface area (Å²) < 4.78 is 0. The monoisotopic (exact) mass is 407 g/mol. The molecule has 1 saturated heterocycles. The molecule has 27 heavy (non-hydrogen) atoms. The van der Waals surface area contributed by atoms with Gasteiger partial charge in [-0.3, -0.25) is 19.8 Å². The Kier molecular flexibility index (Phi) is 6.31. The molecule has 1 heterocycles. The molecule has 0 radical (unpaired) electrons. The maximum absolute atomic E-state index is 12.6. The smallest absolute Gasteiger partial charge is 0.271 e. The highest BCUT2D eigenvalue weighted by Crippen LogP contribution is 2.26. The van der Waals surface area contributed by atoms with Crippen LogP contribution in [0.15, 0.2) is 42.5 Å². The molecular formula is C19H19Cl2N3O3. The lowest BCUT2D eigenvalue weighted by Gasteiger charge is -2.32. The van der Waals surface area contributed by atoms with Gasteiger partial charge in [0.15, 0.2) is 0 Å². The van der Waals surface area contributed by atoms with Crippen molar-refractivity contribution in [3.8, 4) is 0 Å². The quantitative estimate of drug-likeness (QED) is 0.572. The summed E-state index contributed by atoms with van der Waals surface area (Å²) >= 11 is 12.2. The molecule has 1 aliphatic heterocycles. The van der Waals surface area contributed by atoms with Gasteiger partial charge in [0.1, 0.15) is 0 Å². The molecule has 1 fully saturated rings. The second-order valence-electron chi connectivity index (χ2n) is 6.61. The molecular weight excluding hydrogens is 389 g/mol. The number of non-ortho nitro benzene ring substituents is 1. The second kappa shape index (κ2) is 8.69. The number of likely N-dealkylation sites (tertiary alicyclic amines) is 1. The van der Waals surface area contributed by atoms with Crippen LogP contribution in [0.3, 0.4) is 0 Å². The lowest BCUT2D eigenvalue weighted by molar-refractivity contribution is -0.384. The van der Waals surface area contributed by atoms with Crippen molar-refractivity contribution in [1.82, 2.24) is 4.90 Å². The minimum atomic E-state index is -0.478. The number of carbonyl (C=O) groups is 1. The maximum Gasteiger partial charge on any atom is 0.271 e. The van der Waals surface area contributed by atoms with E-state index in [2.05, 4.69) is 10.2 Å². The van der Waals surface area contributed by atoms with Gasteiger partial charge in [-0.1, -0.05) is 35.3 Å². The molecule has 0 spiro atoms. The first-order chi connectivity index (χ1) is 12.9. The molecule has 1 atom stereocenters. The Hall–Kier alpha value is -2.15. The number of nitrogens with zero attached hydrogens (tertiary/aromatic N) is 2. The van der Waals surface area contributed by atoms with E-state index < -0.39 is 4.92 Å². The second-order valence-corrected chi connectivity index (χ2v) is 7.45. The summed E-state index contributed by atoms with van der Waals surface area (Å²) in [6, 6.07) is 11.4. The predicted molar refractivity (Wildman–Crippen MR) is 106 cm³/mol. The molecule has 6 nitrogen and oxygen atoms in total. The molecule has 8 heteroatoms. The first-order valence-corrected chi connectivity index (χ1v) is 9.39. The zero-order valence-corrected chi connectivity index (χ0v) is 16.0. The molecule has 0 aromatic heterocycles. The number of halogens is 2. The van der Waals surface area contributed by atoms with Crippen LogP contribution in [0.1, 0.15) is 18.4 Å². The Morgan fingerprint density at radius 2 is 2.07 bits per heavy atom. The van der Waals surface area contributed by atoms with Crippen molar-refractivity contribution in [3.05, 3.63) is 68.2 Å². The highest BCUT2D eigenvalue weighted by Gasteiger charge is 2.26. The third kappa shape index (κ3) is 5.19. The van der Waals surface area contributed by atoms with Gasteiger partial charge >= 0.3 is 0 Å². The van der Waals surface area contributed by atoms with Gasteiger partial charge in [0, 0.05) is 41.0 Å². The minimum absolute atomic E-state index is 0.0459. The molecule has 1 N–H and O–H groups in total. The van der Waals surface area contributed by atoms with Gasteiger partial charge in [0.05, 0.1) is 10.8 Å². The standard InChI is InChI=1S/C19H19Cl2N3O3/c20-15-7-6-13(18(21)9-15)11-23-8-2-3-14(12-23)19(25)22-16-4-1-5-17(10-16)24(26)27/h1,4-7,9-10,14H,2-3,8,11-12H2,(H,22,25). The average molecular weight is 408 g/mol. The Bertz CT molecular complexity index is 860. The van der Waals surface area contributed by atoms with Crippen molar-refractivity contribution in [2.45, 2.75) is 19.4 Å². The topological polar surface area (TPSA) is 75.5 Å². The predicted octanol–water partition coefficient (Wildman–Crippen LogP) is 4.75. The fourth-order valence-corrected chi connectivity index (χ4v) is 3.71. The summed E-state index contributed by atoms with van der Waals surface area (Å²) in [4.78, 5) is 25.2. The first-order valence-electron chi connectivity index (χ1n) is 8.64. The zero-order valence-electron chi connectivity index (χ0n) is 14.5. The summed E-state index contributed by atoms with van der Waals surface area (Å²) in [5.41, 5.74) is 1.36. The number of nitro groups is 1. The van der Waals surface area contributed by atoms with Gasteiger partial charge in [-0.05, 0) is 43.1 Å². The summed E-state index contributed by atoms with van der Waals surface area (Å²) in [6.07, 6.45) is 1.68. The van der Waals surface area contributed by atoms with E-state index in [0.29, 0.717) is 28.8 Å². The number of nitro benzene ring substituents is 1. The van der Waals surface area contributed by atoms with Crippen molar-refractivity contribution in [3.63, 3.8) is 0 Å². The fraction of sp³-hybridized carbons (Fsp3) is 0.316. The molecule has 0 aliphatic carbocycles. The van der Waals surface area contributed by atoms with Crippen LogP contribution in [-0.4, -0.2) is 28.8 Å². The van der Waals surface area contributed by atoms with Crippen LogP contribution in [0, 0.1) is 16.0 Å². The summed E-state index contributed by atoms with van der Waals surface area (Å²) in [7, 11) is 0. The van der Waals surface area contributed by atoms with E-state index in [4.69, 9.17) is 23.2 Å². The van der Waals surface area contributed by atoms with Gasteiger partial charge in [-0.2, -0.15) is 0 Å². The fourth-order valence-electron chi connectivity index (χ4n) is 3.25. The van der Waals surface area contributed by atoms with E-state index in [-0.39, 0.29) is 17.5 Å². The molecule has 142 valence electrons. The number of carbonyl (C=O) groups excluding carboxylic acids is 1. The van der Waals surface area contributed by atoms with E-state index in [1.165, 1.54) is 12.1 Å². The Morgan fingerprint density at radius 1 is 1.26 bits per heavy atom. The highest BCUT2D eigenvalue weighted by atomic mass is 35.5. The molecule has 2 aromatic carbocycles. The third-order valence-electron chi connectivity index (χ3n) is 4.61. The highest BCUT2D eigenvalue weighted by molar-refractivity contribution is 6.35. The van der Waals surface area contributed by atoms with Gasteiger partial charge < -0.3 is 5.32 Å². The lowest BCUT2D eigenvalue weighted by atomic mass is 9.96. The number of hydrogen-bond donors (Lipinski definition) is 1. The average Bonchev–Trinajstić information content (AvgIpc) is 2.64. The van der Waals surface area contributed by atoms with E-state index in [0.717, 1.165) is 24.9 Å². The minimum Gasteiger partial charge on any atom is -0.326 e. The lowest BCUT2D eigenvalue weighted by Crippen LogP contribution is -2.40. The van der Waals surface area contributed by atoms with E-state index in [1.807, 2.05) is 6.07 Å². The van der Waals surface area contributed by atoms with Crippen molar-refractivity contribution < 1.29 is 9.72 Å². The van der Waals surface area contributed by atoms with Crippen LogP contribution in [0.4, 0.5) is 11.4 Å². The Balaban J connectivity index is 1.62. The van der Waals surface area contributed by atoms with Crippen LogP contribution < -0.4 is 5.32 Å². The van der Waals surface area contributed by atoms with Crippen LogP contribution in [0.25, 0.3) is 0 Å². The van der Waals surface area contributed by atoms with Crippen LogP contribution >= 0.6 is 23.2 Å². The van der Waals surface area contributed by atoms with E-state index in [1.54, 1.807) is 24.3 Å². The molecule has 0 saturated carbocycles. The number of rotatable bonds is 5. The number of amides is 1. The summed E-state index contributed by atoms with van der Waals surface area (Å²) in [5.74, 6) is -0.300. The van der Waals surface area contributed by atoms with Gasteiger partial charge in [-0.25, -0.2) is 0 Å². The van der Waals surface area contributed by atoms with Gasteiger partial charge in [-0.15, -0.1) is 0 Å². The third-order valence-corrected chi connectivity index (χ3v) is 5.20. The van der Waals surface area contributed by atoms with Crippen molar-refractivity contribution >= 4 is 40.5 Å². The maximum atomic E-state index is 12.6. The number of piperidine rings is 1. The normalized spacial score (nSPS) is 17.5. The molecule has 3 rings (SSSR count). The van der Waals surface area contributed by atoms with Gasteiger partial charge in [0.25, 0.3) is 5.69 Å². The molecule has 1 aliphatic rings. The summed E-state index contributed by atoms with van der Waals surface area (Å²) in [6.45, 7) is 2.15. The Labute approximate surface area is 167 Å². The first kappa shape index (κ1) is 19.6. The molecule has 2 aromatic rings. The zero-order chi connectivity index (χ0) is 19.4. The Morgan fingerprint density at radius 3 is 2.81 bits per heavy atom. The molecule has 0 bridgehead atoms. The summed E-state index contributed by atoms with van der Waals surface area (Å²) in [5, 5.41) is 14.9. The largest absolute Gasteiger partial charge is 0.326 e. The van der Waals surface area contributed by atoms with Crippen LogP contribution in [0.2, 0.25) is 10.0 Å². The van der Waals surface area contributed by atoms with E-state index >= 15 is 0 Å². The van der Waals surface area contributed by atoms with Gasteiger partial charge in [0.2, 0.25) is 5.91 Å². The molecule has 1 unspecified atom stereocenters. The van der Waals surface area contributed by atoms with E-state index in [9.17, 15) is 14.9 Å². The van der Waals surface area contributed by atoms with Crippen LogP contribution in [0.5, 0.6) is 0 Å². The van der Waals surface area contributed by atoms with Crippen molar-refractivity contribution in [2.75, 3.05) is 18.4 Å². The van der Waals surface area contributed by atoms with Crippen molar-refractivity contribution in [2.24, 2.45) is 5.92 Å². The van der Waals surface area contributed by atoms with Crippen LogP contribution in [-0.2, 0) is 11.3 Å². The number of hydrogen-bond acceptors (Lipinski definition) is 4. The number of anilines is 1.